The molecule has 0 aromatic carbocycles. The number of anilines is 1. The predicted octanol–water partition coefficient (Wildman–Crippen LogP) is 0.775. The molecule has 0 atom stereocenters. The Labute approximate surface area is 129 Å². The Hall–Kier alpha value is -2.54. The highest BCUT2D eigenvalue weighted by Crippen LogP contribution is 2.06. The Bertz CT molecular complexity index is 602. The maximum Gasteiger partial charge on any atom is 0.270 e. The van der Waals surface area contributed by atoms with Gasteiger partial charge in [-0.1, -0.05) is 0 Å². The summed E-state index contributed by atoms with van der Waals surface area (Å²) in [4.78, 5) is 26.1. The molecule has 22 heavy (non-hydrogen) atoms. The van der Waals surface area contributed by atoms with Crippen molar-refractivity contribution in [2.45, 2.75) is 6.54 Å². The lowest BCUT2D eigenvalue weighted by Crippen LogP contribution is -2.31. The van der Waals surface area contributed by atoms with Crippen molar-refractivity contribution in [2.24, 2.45) is 0 Å². The predicted molar refractivity (Wildman–Crippen MR) is 84.5 cm³/mol. The average molecular weight is 300 g/mol. The molecule has 0 radical (unpaired) electrons. The van der Waals surface area contributed by atoms with Gasteiger partial charge in [0, 0.05) is 38.1 Å². The van der Waals surface area contributed by atoms with Crippen LogP contribution in [0.25, 0.3) is 0 Å². The van der Waals surface area contributed by atoms with E-state index in [2.05, 4.69) is 25.6 Å². The van der Waals surface area contributed by atoms with Crippen molar-refractivity contribution in [1.82, 2.24) is 25.2 Å². The summed E-state index contributed by atoms with van der Waals surface area (Å²) in [6, 6.07) is 5.48. The van der Waals surface area contributed by atoms with E-state index in [9.17, 15) is 4.79 Å². The summed E-state index contributed by atoms with van der Waals surface area (Å²) >= 11 is 0. The molecule has 2 heterocycles. The summed E-state index contributed by atoms with van der Waals surface area (Å²) in [6.07, 6.45) is 4.86. The van der Waals surface area contributed by atoms with Gasteiger partial charge in [-0.15, -0.1) is 0 Å². The molecular formula is C15H20N6O. The largest absolute Gasteiger partial charge is 0.366 e. The minimum absolute atomic E-state index is 0.198. The van der Waals surface area contributed by atoms with Gasteiger partial charge in [-0.2, -0.15) is 0 Å². The molecule has 0 bridgehead atoms. The highest BCUT2D eigenvalue weighted by Gasteiger charge is 2.08. The van der Waals surface area contributed by atoms with E-state index < -0.39 is 0 Å². The first-order chi connectivity index (χ1) is 10.6. The van der Waals surface area contributed by atoms with E-state index in [-0.39, 0.29) is 5.91 Å². The SMILES string of the molecule is CN(C)CCNC(=O)c1cc(NCc2ccncc2)ncn1. The summed E-state index contributed by atoms with van der Waals surface area (Å²) in [5, 5.41) is 5.99. The minimum atomic E-state index is -0.198. The molecule has 7 heteroatoms. The standard InChI is InChI=1S/C15H20N6O/c1-21(2)8-7-17-15(22)13-9-14(20-11-19-13)18-10-12-3-5-16-6-4-12/h3-6,9,11H,7-8,10H2,1-2H3,(H,17,22)(H,18,19,20). The van der Waals surface area contributed by atoms with Crippen LogP contribution in [0.1, 0.15) is 16.1 Å². The summed E-state index contributed by atoms with van der Waals surface area (Å²) in [6.45, 7) is 1.97. The van der Waals surface area contributed by atoms with Crippen LogP contribution in [0.2, 0.25) is 0 Å². The topological polar surface area (TPSA) is 83.0 Å². The lowest BCUT2D eigenvalue weighted by Gasteiger charge is -2.10. The average Bonchev–Trinajstić information content (AvgIpc) is 2.54. The molecule has 0 aliphatic rings. The highest BCUT2D eigenvalue weighted by molar-refractivity contribution is 5.92. The van der Waals surface area contributed by atoms with Crippen LogP contribution >= 0.6 is 0 Å². The molecule has 2 rings (SSSR count). The molecule has 0 spiro atoms. The Kier molecular flexibility index (Phi) is 5.79. The van der Waals surface area contributed by atoms with Crippen LogP contribution < -0.4 is 10.6 Å². The van der Waals surface area contributed by atoms with E-state index in [1.165, 1.54) is 6.33 Å². The van der Waals surface area contributed by atoms with Crippen LogP contribution in [0, 0.1) is 0 Å². The second-order valence-corrected chi connectivity index (χ2v) is 5.06. The first-order valence-electron chi connectivity index (χ1n) is 7.03. The zero-order chi connectivity index (χ0) is 15.8. The third-order valence-electron chi connectivity index (χ3n) is 2.97. The molecule has 0 saturated heterocycles. The maximum atomic E-state index is 12.0. The molecule has 116 valence electrons. The van der Waals surface area contributed by atoms with Gasteiger partial charge in [0.2, 0.25) is 0 Å². The van der Waals surface area contributed by atoms with Crippen LogP contribution in [0.5, 0.6) is 0 Å². The second kappa shape index (κ2) is 8.04. The Morgan fingerprint density at radius 2 is 2.00 bits per heavy atom. The quantitative estimate of drug-likeness (QED) is 0.786. The maximum absolute atomic E-state index is 12.0. The molecule has 1 amide bonds. The number of amides is 1. The highest BCUT2D eigenvalue weighted by atomic mass is 16.1. The van der Waals surface area contributed by atoms with Crippen molar-refractivity contribution in [3.8, 4) is 0 Å². The molecule has 0 fully saturated rings. The fourth-order valence-corrected chi connectivity index (χ4v) is 1.76. The molecule has 2 aromatic rings. The number of pyridine rings is 1. The lowest BCUT2D eigenvalue weighted by atomic mass is 10.2. The van der Waals surface area contributed by atoms with Gasteiger partial charge in [0.05, 0.1) is 0 Å². The summed E-state index contributed by atoms with van der Waals surface area (Å²) < 4.78 is 0. The Morgan fingerprint density at radius 3 is 2.73 bits per heavy atom. The number of hydrogen-bond donors (Lipinski definition) is 2. The zero-order valence-electron chi connectivity index (χ0n) is 12.8. The number of aromatic nitrogens is 3. The van der Waals surface area contributed by atoms with Crippen molar-refractivity contribution in [2.75, 3.05) is 32.5 Å². The number of likely N-dealkylation sites (N-methyl/N-ethyl adjacent to an activating group) is 1. The van der Waals surface area contributed by atoms with Gasteiger partial charge in [-0.25, -0.2) is 9.97 Å². The van der Waals surface area contributed by atoms with E-state index in [0.717, 1.165) is 12.1 Å². The van der Waals surface area contributed by atoms with Crippen molar-refractivity contribution in [3.05, 3.63) is 48.2 Å². The number of rotatable bonds is 7. The Balaban J connectivity index is 1.90. The fraction of sp³-hybridized carbons (Fsp3) is 0.333. The number of carbonyl (C=O) groups is 1. The van der Waals surface area contributed by atoms with E-state index in [4.69, 9.17) is 0 Å². The van der Waals surface area contributed by atoms with E-state index in [0.29, 0.717) is 24.6 Å². The normalized spacial score (nSPS) is 10.5. The van der Waals surface area contributed by atoms with E-state index in [1.54, 1.807) is 18.5 Å². The van der Waals surface area contributed by atoms with Gasteiger partial charge in [0.1, 0.15) is 17.8 Å². The van der Waals surface area contributed by atoms with Crippen molar-refractivity contribution in [3.63, 3.8) is 0 Å². The van der Waals surface area contributed by atoms with Crippen LogP contribution in [0.15, 0.2) is 36.9 Å². The van der Waals surface area contributed by atoms with E-state index >= 15 is 0 Å². The molecule has 7 nitrogen and oxygen atoms in total. The Morgan fingerprint density at radius 1 is 1.23 bits per heavy atom. The molecule has 0 saturated carbocycles. The van der Waals surface area contributed by atoms with Crippen LogP contribution in [-0.4, -0.2) is 52.9 Å². The number of nitrogens with one attached hydrogen (secondary N) is 2. The molecule has 0 unspecified atom stereocenters. The van der Waals surface area contributed by atoms with Gasteiger partial charge < -0.3 is 15.5 Å². The fourth-order valence-electron chi connectivity index (χ4n) is 1.76. The molecule has 2 N–H and O–H groups in total. The monoisotopic (exact) mass is 300 g/mol. The lowest BCUT2D eigenvalue weighted by molar-refractivity contribution is 0.0946. The van der Waals surface area contributed by atoms with E-state index in [1.807, 2.05) is 31.1 Å². The zero-order valence-corrected chi connectivity index (χ0v) is 12.8. The number of hydrogen-bond acceptors (Lipinski definition) is 6. The third-order valence-corrected chi connectivity index (χ3v) is 2.97. The van der Waals surface area contributed by atoms with Crippen LogP contribution in [0.4, 0.5) is 5.82 Å². The van der Waals surface area contributed by atoms with Crippen molar-refractivity contribution >= 4 is 11.7 Å². The van der Waals surface area contributed by atoms with Gasteiger partial charge in [0.25, 0.3) is 5.91 Å². The van der Waals surface area contributed by atoms with Crippen molar-refractivity contribution < 1.29 is 4.79 Å². The smallest absolute Gasteiger partial charge is 0.270 e. The van der Waals surface area contributed by atoms with Crippen LogP contribution in [0.3, 0.4) is 0 Å². The van der Waals surface area contributed by atoms with Gasteiger partial charge >= 0.3 is 0 Å². The first kappa shape index (κ1) is 15.8. The number of nitrogens with zero attached hydrogens (tertiary/aromatic N) is 4. The summed E-state index contributed by atoms with van der Waals surface area (Å²) in [7, 11) is 3.91. The molecule has 0 aliphatic heterocycles. The summed E-state index contributed by atoms with van der Waals surface area (Å²) in [5.41, 5.74) is 1.44. The molecular weight excluding hydrogens is 280 g/mol. The third kappa shape index (κ3) is 5.10. The number of carbonyl (C=O) groups excluding carboxylic acids is 1. The minimum Gasteiger partial charge on any atom is -0.366 e. The van der Waals surface area contributed by atoms with Gasteiger partial charge in [-0.05, 0) is 31.8 Å². The second-order valence-electron chi connectivity index (χ2n) is 5.06. The molecule has 2 aromatic heterocycles. The van der Waals surface area contributed by atoms with Gasteiger partial charge in [0.15, 0.2) is 0 Å². The van der Waals surface area contributed by atoms with Gasteiger partial charge in [-0.3, -0.25) is 9.78 Å². The molecule has 0 aliphatic carbocycles. The van der Waals surface area contributed by atoms with Crippen molar-refractivity contribution in [1.29, 1.82) is 0 Å². The van der Waals surface area contributed by atoms with Crippen LogP contribution in [-0.2, 0) is 6.54 Å². The first-order valence-corrected chi connectivity index (χ1v) is 7.03. The summed E-state index contributed by atoms with van der Waals surface area (Å²) in [5.74, 6) is 0.417.